The van der Waals surface area contributed by atoms with Crippen molar-refractivity contribution in [3.8, 4) is 17.2 Å². The highest BCUT2D eigenvalue weighted by Gasteiger charge is 2.12. The van der Waals surface area contributed by atoms with E-state index >= 15 is 0 Å². The first-order valence-electron chi connectivity index (χ1n) is 8.59. The van der Waals surface area contributed by atoms with Crippen LogP contribution < -0.4 is 19.5 Å². The second-order valence-electron chi connectivity index (χ2n) is 5.96. The number of benzene rings is 3. The molecule has 0 fully saturated rings. The van der Waals surface area contributed by atoms with Crippen LogP contribution in [0, 0.1) is 5.82 Å². The summed E-state index contributed by atoms with van der Waals surface area (Å²) in [5.41, 5.74) is 1.81. The molecule has 0 aliphatic rings. The molecule has 0 saturated heterocycles. The highest BCUT2D eigenvalue weighted by atomic mass is 19.1. The van der Waals surface area contributed by atoms with Gasteiger partial charge in [-0.1, -0.05) is 18.2 Å². The van der Waals surface area contributed by atoms with Crippen molar-refractivity contribution in [3.63, 3.8) is 0 Å². The first-order chi connectivity index (χ1) is 13.6. The van der Waals surface area contributed by atoms with E-state index in [-0.39, 0.29) is 18.3 Å². The maximum Gasteiger partial charge on any atom is 0.255 e. The molecular formula is C22H20FNO4. The summed E-state index contributed by atoms with van der Waals surface area (Å²) >= 11 is 0. The number of methoxy groups -OCH3 is 2. The maximum atomic E-state index is 13.0. The zero-order valence-corrected chi connectivity index (χ0v) is 15.6. The third kappa shape index (κ3) is 4.79. The number of carbonyl (C=O) groups excluding carboxylic acids is 1. The predicted molar refractivity (Wildman–Crippen MR) is 105 cm³/mol. The van der Waals surface area contributed by atoms with Crippen LogP contribution in [0.1, 0.15) is 15.9 Å². The molecule has 1 amide bonds. The standard InChI is InChI=1S/C22H20FNO4/c1-26-18-10-11-20(21(13-18)27-2)24-22(25)16-4-3-5-19(12-16)28-14-15-6-8-17(23)9-7-15/h3-13H,14H2,1-2H3,(H,24,25). The van der Waals surface area contributed by atoms with E-state index in [1.807, 2.05) is 0 Å². The maximum absolute atomic E-state index is 13.0. The lowest BCUT2D eigenvalue weighted by atomic mass is 10.2. The van der Waals surface area contributed by atoms with Crippen LogP contribution in [0.3, 0.4) is 0 Å². The van der Waals surface area contributed by atoms with Crippen molar-refractivity contribution >= 4 is 11.6 Å². The molecule has 0 saturated carbocycles. The average molecular weight is 381 g/mol. The summed E-state index contributed by atoms with van der Waals surface area (Å²) in [5.74, 6) is 1.08. The number of carbonyl (C=O) groups is 1. The van der Waals surface area contributed by atoms with Crippen LogP contribution in [0.4, 0.5) is 10.1 Å². The van der Waals surface area contributed by atoms with Gasteiger partial charge in [-0.05, 0) is 48.0 Å². The van der Waals surface area contributed by atoms with Crippen molar-refractivity contribution in [2.45, 2.75) is 6.61 Å². The zero-order valence-electron chi connectivity index (χ0n) is 15.6. The molecule has 0 heterocycles. The molecule has 28 heavy (non-hydrogen) atoms. The van der Waals surface area contributed by atoms with Gasteiger partial charge in [-0.25, -0.2) is 4.39 Å². The van der Waals surface area contributed by atoms with E-state index in [1.54, 1.807) is 61.7 Å². The van der Waals surface area contributed by atoms with Gasteiger partial charge in [-0.2, -0.15) is 0 Å². The van der Waals surface area contributed by atoms with Gasteiger partial charge < -0.3 is 19.5 Å². The molecule has 0 aliphatic carbocycles. The van der Waals surface area contributed by atoms with E-state index in [2.05, 4.69) is 5.32 Å². The van der Waals surface area contributed by atoms with Gasteiger partial charge >= 0.3 is 0 Å². The lowest BCUT2D eigenvalue weighted by Gasteiger charge is -2.12. The molecule has 3 rings (SSSR count). The zero-order chi connectivity index (χ0) is 19.9. The minimum Gasteiger partial charge on any atom is -0.497 e. The van der Waals surface area contributed by atoms with Crippen LogP contribution in [0.15, 0.2) is 66.7 Å². The van der Waals surface area contributed by atoms with Crippen molar-refractivity contribution in [2.75, 3.05) is 19.5 Å². The summed E-state index contributed by atoms with van der Waals surface area (Å²) in [7, 11) is 3.08. The number of halogens is 1. The van der Waals surface area contributed by atoms with Crippen LogP contribution in [-0.4, -0.2) is 20.1 Å². The molecule has 0 unspecified atom stereocenters. The Morgan fingerprint density at radius 1 is 0.929 bits per heavy atom. The summed E-state index contributed by atoms with van der Waals surface area (Å²) in [6, 6.07) is 18.0. The number of hydrogen-bond donors (Lipinski definition) is 1. The van der Waals surface area contributed by atoms with E-state index in [0.717, 1.165) is 5.56 Å². The monoisotopic (exact) mass is 381 g/mol. The molecule has 0 atom stereocenters. The molecule has 3 aromatic rings. The number of anilines is 1. The van der Waals surface area contributed by atoms with E-state index in [1.165, 1.54) is 19.2 Å². The van der Waals surface area contributed by atoms with E-state index in [0.29, 0.717) is 28.5 Å². The Balaban J connectivity index is 1.69. The molecular weight excluding hydrogens is 361 g/mol. The summed E-state index contributed by atoms with van der Waals surface area (Å²) in [6.07, 6.45) is 0. The second kappa shape index (κ2) is 8.90. The SMILES string of the molecule is COc1ccc(NC(=O)c2cccc(OCc3ccc(F)cc3)c2)c(OC)c1. The molecule has 0 radical (unpaired) electrons. The summed E-state index contributed by atoms with van der Waals surface area (Å²) < 4.78 is 29.1. The lowest BCUT2D eigenvalue weighted by molar-refractivity contribution is 0.102. The fourth-order valence-electron chi connectivity index (χ4n) is 2.57. The van der Waals surface area contributed by atoms with Gasteiger partial charge in [0.1, 0.15) is 29.7 Å². The van der Waals surface area contributed by atoms with Crippen molar-refractivity contribution in [1.29, 1.82) is 0 Å². The molecule has 0 spiro atoms. The van der Waals surface area contributed by atoms with Crippen LogP contribution in [0.25, 0.3) is 0 Å². The van der Waals surface area contributed by atoms with Crippen molar-refractivity contribution in [1.82, 2.24) is 0 Å². The van der Waals surface area contributed by atoms with Gasteiger partial charge in [0, 0.05) is 11.6 Å². The van der Waals surface area contributed by atoms with Crippen LogP contribution >= 0.6 is 0 Å². The number of nitrogens with one attached hydrogen (secondary N) is 1. The number of ether oxygens (including phenoxy) is 3. The van der Waals surface area contributed by atoms with Crippen molar-refractivity contribution in [2.24, 2.45) is 0 Å². The van der Waals surface area contributed by atoms with Crippen molar-refractivity contribution < 1.29 is 23.4 Å². The van der Waals surface area contributed by atoms with E-state index in [4.69, 9.17) is 14.2 Å². The van der Waals surface area contributed by atoms with Gasteiger partial charge in [-0.15, -0.1) is 0 Å². The second-order valence-corrected chi connectivity index (χ2v) is 5.96. The minimum atomic E-state index is -0.296. The largest absolute Gasteiger partial charge is 0.497 e. The molecule has 0 aromatic heterocycles. The van der Waals surface area contributed by atoms with Gasteiger partial charge in [0.05, 0.1) is 19.9 Å². The van der Waals surface area contributed by atoms with Gasteiger partial charge in [0.25, 0.3) is 5.91 Å². The summed E-state index contributed by atoms with van der Waals surface area (Å²) in [4.78, 5) is 12.6. The van der Waals surface area contributed by atoms with Crippen LogP contribution in [0.2, 0.25) is 0 Å². The third-order valence-electron chi connectivity index (χ3n) is 4.07. The molecule has 144 valence electrons. The van der Waals surface area contributed by atoms with Crippen LogP contribution in [-0.2, 0) is 6.61 Å². The smallest absolute Gasteiger partial charge is 0.255 e. The molecule has 3 aromatic carbocycles. The number of amides is 1. The quantitative estimate of drug-likeness (QED) is 0.646. The number of hydrogen-bond acceptors (Lipinski definition) is 4. The van der Waals surface area contributed by atoms with E-state index in [9.17, 15) is 9.18 Å². The lowest BCUT2D eigenvalue weighted by Crippen LogP contribution is -2.12. The van der Waals surface area contributed by atoms with Crippen molar-refractivity contribution in [3.05, 3.63) is 83.7 Å². The molecule has 1 N–H and O–H groups in total. The fourth-order valence-corrected chi connectivity index (χ4v) is 2.57. The molecule has 6 heteroatoms. The third-order valence-corrected chi connectivity index (χ3v) is 4.07. The first-order valence-corrected chi connectivity index (χ1v) is 8.59. The first kappa shape index (κ1) is 19.2. The molecule has 5 nitrogen and oxygen atoms in total. The average Bonchev–Trinajstić information content (AvgIpc) is 2.73. The predicted octanol–water partition coefficient (Wildman–Crippen LogP) is 4.67. The Hall–Kier alpha value is -3.54. The highest BCUT2D eigenvalue weighted by Crippen LogP contribution is 2.29. The molecule has 0 aliphatic heterocycles. The van der Waals surface area contributed by atoms with Gasteiger partial charge in [-0.3, -0.25) is 4.79 Å². The highest BCUT2D eigenvalue weighted by molar-refractivity contribution is 6.05. The normalized spacial score (nSPS) is 10.2. The van der Waals surface area contributed by atoms with Gasteiger partial charge in [0.15, 0.2) is 0 Å². The Morgan fingerprint density at radius 2 is 1.71 bits per heavy atom. The van der Waals surface area contributed by atoms with E-state index < -0.39 is 0 Å². The van der Waals surface area contributed by atoms with Gasteiger partial charge in [0.2, 0.25) is 0 Å². The number of rotatable bonds is 7. The topological polar surface area (TPSA) is 56.8 Å². The minimum absolute atomic E-state index is 0.275. The summed E-state index contributed by atoms with van der Waals surface area (Å²) in [5, 5.41) is 2.82. The fraction of sp³-hybridized carbons (Fsp3) is 0.136. The Kier molecular flexibility index (Phi) is 6.11. The summed E-state index contributed by atoms with van der Waals surface area (Å²) in [6.45, 7) is 0.275. The molecule has 0 bridgehead atoms. The Bertz CT molecular complexity index is 957. The van der Waals surface area contributed by atoms with Crippen LogP contribution in [0.5, 0.6) is 17.2 Å². The Morgan fingerprint density at radius 3 is 2.43 bits per heavy atom. The Labute approximate surface area is 162 Å².